The zero-order valence-electron chi connectivity index (χ0n) is 14.2. The molecule has 0 amide bonds. The van der Waals surface area contributed by atoms with Crippen LogP contribution in [-0.2, 0) is 19.3 Å². The number of nitrogen functional groups attached to an aromatic ring is 1. The molecule has 2 heteroatoms. The summed E-state index contributed by atoms with van der Waals surface area (Å²) in [7, 11) is 0. The number of nitrogens with two attached hydrogens (primary N) is 1. The Morgan fingerprint density at radius 1 is 0.960 bits per heavy atom. The third kappa shape index (κ3) is 2.32. The minimum absolute atomic E-state index is 0.490. The SMILES string of the molecule is Nc1cccc2c1CCc1c-2ccc2c1C(Cc1ccco1)CC=C2. The quantitative estimate of drug-likeness (QED) is 0.643. The molecule has 124 valence electrons. The van der Waals surface area contributed by atoms with Crippen LogP contribution in [0.1, 0.15) is 40.4 Å². The highest BCUT2D eigenvalue weighted by molar-refractivity contribution is 5.81. The van der Waals surface area contributed by atoms with Gasteiger partial charge in [0, 0.05) is 12.1 Å². The lowest BCUT2D eigenvalue weighted by molar-refractivity contribution is 0.484. The molecule has 2 aromatic carbocycles. The second-order valence-corrected chi connectivity index (χ2v) is 7.09. The van der Waals surface area contributed by atoms with E-state index in [0.717, 1.165) is 37.1 Å². The van der Waals surface area contributed by atoms with E-state index < -0.39 is 0 Å². The lowest BCUT2D eigenvalue weighted by atomic mass is 9.74. The van der Waals surface area contributed by atoms with E-state index in [2.05, 4.69) is 42.5 Å². The van der Waals surface area contributed by atoms with Crippen LogP contribution in [0.15, 0.2) is 59.2 Å². The van der Waals surface area contributed by atoms with E-state index in [-0.39, 0.29) is 0 Å². The molecule has 1 unspecified atom stereocenters. The third-order valence-electron chi connectivity index (χ3n) is 5.67. The summed E-state index contributed by atoms with van der Waals surface area (Å²) in [4.78, 5) is 0. The summed E-state index contributed by atoms with van der Waals surface area (Å²) in [6, 6.07) is 14.9. The lowest BCUT2D eigenvalue weighted by Gasteiger charge is -2.30. The van der Waals surface area contributed by atoms with Crippen molar-refractivity contribution in [3.8, 4) is 11.1 Å². The van der Waals surface area contributed by atoms with Crippen LogP contribution in [0.5, 0.6) is 0 Å². The maximum atomic E-state index is 6.23. The molecule has 2 nitrogen and oxygen atoms in total. The highest BCUT2D eigenvalue weighted by Crippen LogP contribution is 2.43. The van der Waals surface area contributed by atoms with Crippen molar-refractivity contribution < 1.29 is 4.42 Å². The van der Waals surface area contributed by atoms with Crippen molar-refractivity contribution >= 4 is 11.8 Å². The Kier molecular flexibility index (Phi) is 3.30. The number of furan rings is 1. The molecule has 3 aromatic rings. The Morgan fingerprint density at radius 2 is 1.84 bits per heavy atom. The second kappa shape index (κ2) is 5.66. The molecule has 25 heavy (non-hydrogen) atoms. The van der Waals surface area contributed by atoms with E-state index in [0.29, 0.717) is 5.92 Å². The van der Waals surface area contributed by atoms with Gasteiger partial charge in [-0.2, -0.15) is 0 Å². The van der Waals surface area contributed by atoms with Crippen LogP contribution in [0.2, 0.25) is 0 Å². The van der Waals surface area contributed by atoms with E-state index in [4.69, 9.17) is 10.2 Å². The van der Waals surface area contributed by atoms with Gasteiger partial charge in [0.1, 0.15) is 5.76 Å². The van der Waals surface area contributed by atoms with Gasteiger partial charge in [-0.25, -0.2) is 0 Å². The molecule has 0 saturated heterocycles. The average molecular weight is 327 g/mol. The fourth-order valence-corrected chi connectivity index (χ4v) is 4.55. The predicted molar refractivity (Wildman–Crippen MR) is 103 cm³/mol. The molecular weight excluding hydrogens is 306 g/mol. The summed E-state index contributed by atoms with van der Waals surface area (Å²) >= 11 is 0. The molecule has 0 radical (unpaired) electrons. The van der Waals surface area contributed by atoms with Gasteiger partial charge in [0.2, 0.25) is 0 Å². The summed E-state index contributed by atoms with van der Waals surface area (Å²) in [5.41, 5.74) is 15.5. The molecule has 0 bridgehead atoms. The first-order chi connectivity index (χ1) is 12.3. The van der Waals surface area contributed by atoms with Gasteiger partial charge in [-0.05, 0) is 76.8 Å². The summed E-state index contributed by atoms with van der Waals surface area (Å²) in [5, 5.41) is 0. The normalized spacial score (nSPS) is 17.7. The molecule has 2 aliphatic rings. The summed E-state index contributed by atoms with van der Waals surface area (Å²) in [6.45, 7) is 0. The number of hydrogen-bond acceptors (Lipinski definition) is 2. The van der Waals surface area contributed by atoms with Crippen molar-refractivity contribution in [2.45, 2.75) is 31.6 Å². The Hall–Kier alpha value is -2.74. The molecule has 0 fully saturated rings. The molecule has 0 spiro atoms. The van der Waals surface area contributed by atoms with Crippen molar-refractivity contribution in [1.29, 1.82) is 0 Å². The van der Waals surface area contributed by atoms with Crippen LogP contribution in [0.25, 0.3) is 17.2 Å². The van der Waals surface area contributed by atoms with E-state index >= 15 is 0 Å². The molecule has 1 heterocycles. The first-order valence-corrected chi connectivity index (χ1v) is 9.03. The van der Waals surface area contributed by atoms with Gasteiger partial charge in [-0.15, -0.1) is 0 Å². The van der Waals surface area contributed by atoms with E-state index in [1.54, 1.807) is 6.26 Å². The van der Waals surface area contributed by atoms with Gasteiger partial charge in [0.15, 0.2) is 0 Å². The largest absolute Gasteiger partial charge is 0.469 e. The summed E-state index contributed by atoms with van der Waals surface area (Å²) in [5.74, 6) is 1.56. The summed E-state index contributed by atoms with van der Waals surface area (Å²) in [6.07, 6.45) is 10.5. The van der Waals surface area contributed by atoms with Crippen molar-refractivity contribution in [1.82, 2.24) is 0 Å². The topological polar surface area (TPSA) is 39.2 Å². The Balaban J connectivity index is 1.66. The fraction of sp³-hybridized carbons (Fsp3) is 0.217. The molecule has 1 atom stereocenters. The smallest absolute Gasteiger partial charge is 0.104 e. The molecule has 0 aliphatic heterocycles. The van der Waals surface area contributed by atoms with Crippen molar-refractivity contribution in [2.24, 2.45) is 0 Å². The summed E-state index contributed by atoms with van der Waals surface area (Å²) < 4.78 is 5.63. The number of benzene rings is 2. The minimum Gasteiger partial charge on any atom is -0.469 e. The van der Waals surface area contributed by atoms with Crippen LogP contribution in [0.4, 0.5) is 5.69 Å². The molecule has 2 aliphatic carbocycles. The zero-order chi connectivity index (χ0) is 16.8. The standard InChI is InChI=1S/C23H21NO/c24-22-8-2-7-18-19-10-9-15-4-1-5-16(14-17-6-3-13-25-17)23(15)21(19)12-11-20(18)22/h1-4,6-10,13,16H,5,11-12,14,24H2. The van der Waals surface area contributed by atoms with Crippen molar-refractivity contribution in [3.05, 3.63) is 82.8 Å². The maximum Gasteiger partial charge on any atom is 0.104 e. The first kappa shape index (κ1) is 14.6. The molecule has 2 N–H and O–H groups in total. The molecule has 1 aromatic heterocycles. The number of rotatable bonds is 2. The second-order valence-electron chi connectivity index (χ2n) is 7.09. The van der Waals surface area contributed by atoms with Gasteiger partial charge in [-0.3, -0.25) is 0 Å². The minimum atomic E-state index is 0.490. The highest BCUT2D eigenvalue weighted by atomic mass is 16.3. The highest BCUT2D eigenvalue weighted by Gasteiger charge is 2.27. The Bertz CT molecular complexity index is 966. The predicted octanol–water partition coefficient (Wildman–Crippen LogP) is 5.37. The molecule has 0 saturated carbocycles. The maximum absolute atomic E-state index is 6.23. The van der Waals surface area contributed by atoms with E-state index in [1.807, 2.05) is 12.1 Å². The van der Waals surface area contributed by atoms with Gasteiger partial charge in [0.05, 0.1) is 6.26 Å². The number of allylic oxidation sites excluding steroid dienone is 1. The number of hydrogen-bond donors (Lipinski definition) is 1. The van der Waals surface area contributed by atoms with Crippen molar-refractivity contribution in [3.63, 3.8) is 0 Å². The molecule has 5 rings (SSSR count). The zero-order valence-corrected chi connectivity index (χ0v) is 14.2. The van der Waals surface area contributed by atoms with Crippen LogP contribution in [0, 0.1) is 0 Å². The number of fused-ring (bicyclic) bond motifs is 5. The monoisotopic (exact) mass is 327 g/mol. The van der Waals surface area contributed by atoms with Gasteiger partial charge < -0.3 is 10.2 Å². The van der Waals surface area contributed by atoms with E-state index in [9.17, 15) is 0 Å². The average Bonchev–Trinajstić information content (AvgIpc) is 3.14. The van der Waals surface area contributed by atoms with Gasteiger partial charge >= 0.3 is 0 Å². The van der Waals surface area contributed by atoms with Crippen LogP contribution in [-0.4, -0.2) is 0 Å². The molecular formula is C23H21NO. The Labute approximate surface area is 148 Å². The first-order valence-electron chi connectivity index (χ1n) is 9.03. The van der Waals surface area contributed by atoms with Crippen LogP contribution in [0.3, 0.4) is 0 Å². The lowest BCUT2D eigenvalue weighted by Crippen LogP contribution is -2.15. The van der Waals surface area contributed by atoms with Crippen molar-refractivity contribution in [2.75, 3.05) is 5.73 Å². The third-order valence-corrected chi connectivity index (χ3v) is 5.67. The van der Waals surface area contributed by atoms with Gasteiger partial charge in [0.25, 0.3) is 0 Å². The van der Waals surface area contributed by atoms with Crippen LogP contribution < -0.4 is 5.73 Å². The number of anilines is 1. The van der Waals surface area contributed by atoms with Gasteiger partial charge in [-0.1, -0.05) is 36.4 Å². The fourth-order valence-electron chi connectivity index (χ4n) is 4.55. The Morgan fingerprint density at radius 3 is 2.72 bits per heavy atom. The van der Waals surface area contributed by atoms with E-state index in [1.165, 1.54) is 33.4 Å². The van der Waals surface area contributed by atoms with Crippen LogP contribution >= 0.6 is 0 Å².